The number of hydrogen-bond acceptors (Lipinski definition) is 6. The topological polar surface area (TPSA) is 130 Å². The number of methoxy groups -OCH3 is 1. The maximum Gasteiger partial charge on any atom is 0.407 e. The molecule has 13 heteroatoms. The first-order valence-electron chi connectivity index (χ1n) is 15.6. The summed E-state index contributed by atoms with van der Waals surface area (Å²) in [4.78, 5) is 33.7. The zero-order valence-corrected chi connectivity index (χ0v) is 24.1. The van der Waals surface area contributed by atoms with Crippen molar-refractivity contribution in [2.75, 3.05) is 7.11 Å². The summed E-state index contributed by atoms with van der Waals surface area (Å²) in [5, 5.41) is 12.5. The highest BCUT2D eigenvalue weighted by Crippen LogP contribution is 2.43. The van der Waals surface area contributed by atoms with E-state index in [-0.39, 0.29) is 35.1 Å². The number of rotatable bonds is 5. The van der Waals surface area contributed by atoms with Crippen LogP contribution in [0.2, 0.25) is 0 Å². The fourth-order valence-corrected chi connectivity index (χ4v) is 6.50. The Morgan fingerprint density at radius 2 is 2.09 bits per heavy atom. The third kappa shape index (κ3) is 4.13. The number of ether oxygens (including phenoxy) is 1. The Kier molecular flexibility index (Phi) is 5.39. The molecule has 7 rings (SSSR count). The molecule has 6 aromatic rings. The molecule has 0 spiro atoms. The molecule has 43 heavy (non-hydrogen) atoms. The molecule has 1 aliphatic carbocycles. The Balaban J connectivity index is 1.52. The van der Waals surface area contributed by atoms with Gasteiger partial charge in [-0.1, -0.05) is 6.07 Å². The molecule has 0 radical (unpaired) electrons. The maximum atomic E-state index is 15.5. The first kappa shape index (κ1) is 23.6. The number of benzene rings is 1. The highest BCUT2D eigenvalue weighted by molar-refractivity contribution is 6.14. The number of carbonyl (C=O) groups excluding carboxylic acids is 1. The SMILES string of the molecule is [2H]C([2H])([2H])n1cc(-c2[nH]c3ncc4c(c3c2-c2ccc3c(cnn3C(C)C)c2)n([C@@H]2CC[C@@H](NC(=O)OC)C2)c(=O)n4C)c(F)n1. The summed E-state index contributed by atoms with van der Waals surface area (Å²) >= 11 is 0. The molecule has 5 heterocycles. The van der Waals surface area contributed by atoms with Crippen molar-refractivity contribution in [2.45, 2.75) is 51.2 Å². The van der Waals surface area contributed by atoms with Gasteiger partial charge in [0, 0.05) is 53.4 Å². The second kappa shape index (κ2) is 9.82. The van der Waals surface area contributed by atoms with Crippen molar-refractivity contribution in [3.63, 3.8) is 0 Å². The molecule has 1 amide bonds. The third-order valence-electron chi connectivity index (χ3n) is 8.46. The Morgan fingerprint density at radius 3 is 2.84 bits per heavy atom. The summed E-state index contributed by atoms with van der Waals surface area (Å²) in [6.07, 6.45) is 5.77. The van der Waals surface area contributed by atoms with Gasteiger partial charge >= 0.3 is 11.8 Å². The molecule has 1 aliphatic rings. The fraction of sp³-hybridized carbons (Fsp3) is 0.367. The van der Waals surface area contributed by atoms with Crippen molar-refractivity contribution >= 4 is 39.1 Å². The number of imidazole rings is 1. The molecule has 2 N–H and O–H groups in total. The number of alkyl carbamates (subject to hydrolysis) is 1. The number of nitrogens with one attached hydrogen (secondary N) is 2. The van der Waals surface area contributed by atoms with Crippen molar-refractivity contribution in [2.24, 2.45) is 14.0 Å². The van der Waals surface area contributed by atoms with E-state index in [4.69, 9.17) is 8.85 Å². The minimum absolute atomic E-state index is 0.0525. The van der Waals surface area contributed by atoms with Crippen molar-refractivity contribution < 1.29 is 18.0 Å². The van der Waals surface area contributed by atoms with E-state index in [0.29, 0.717) is 57.1 Å². The van der Waals surface area contributed by atoms with Crippen molar-refractivity contribution in [3.8, 4) is 22.4 Å². The number of pyridine rings is 1. The quantitative estimate of drug-likeness (QED) is 0.298. The molecule has 222 valence electrons. The smallest absolute Gasteiger partial charge is 0.407 e. The number of fused-ring (bicyclic) bond motifs is 4. The number of halogens is 1. The van der Waals surface area contributed by atoms with Crippen LogP contribution in [0.5, 0.6) is 0 Å². The lowest BCUT2D eigenvalue weighted by molar-refractivity contribution is 0.166. The lowest BCUT2D eigenvalue weighted by Crippen LogP contribution is -2.33. The Labute approximate surface area is 249 Å². The molecule has 12 nitrogen and oxygen atoms in total. The van der Waals surface area contributed by atoms with Gasteiger partial charge in [0.1, 0.15) is 5.65 Å². The minimum atomic E-state index is -2.70. The maximum absolute atomic E-state index is 15.5. The van der Waals surface area contributed by atoms with Gasteiger partial charge in [-0.05, 0) is 50.8 Å². The molecule has 0 bridgehead atoms. The van der Waals surface area contributed by atoms with E-state index in [0.717, 1.165) is 17.1 Å². The van der Waals surface area contributed by atoms with Gasteiger partial charge < -0.3 is 15.0 Å². The van der Waals surface area contributed by atoms with Crippen molar-refractivity contribution in [1.82, 2.24) is 44.0 Å². The van der Waals surface area contributed by atoms with Crippen LogP contribution in [0.3, 0.4) is 0 Å². The van der Waals surface area contributed by atoms with Gasteiger partial charge in [-0.25, -0.2) is 14.6 Å². The Hall–Kier alpha value is -4.94. The summed E-state index contributed by atoms with van der Waals surface area (Å²) in [6.45, 7) is 1.38. The predicted octanol–water partition coefficient (Wildman–Crippen LogP) is 4.80. The fourth-order valence-electron chi connectivity index (χ4n) is 6.50. The Bertz CT molecular complexity index is 2220. The summed E-state index contributed by atoms with van der Waals surface area (Å²) in [5.41, 5.74) is 3.67. The molecule has 1 fully saturated rings. The van der Waals surface area contributed by atoms with Gasteiger partial charge in [-0.2, -0.15) is 9.49 Å². The zero-order valence-electron chi connectivity index (χ0n) is 27.1. The second-order valence-electron chi connectivity index (χ2n) is 11.3. The van der Waals surface area contributed by atoms with Gasteiger partial charge in [-0.3, -0.25) is 18.5 Å². The Morgan fingerprint density at radius 1 is 1.26 bits per heavy atom. The van der Waals surface area contributed by atoms with E-state index < -0.39 is 19.0 Å². The normalized spacial score (nSPS) is 18.5. The molecule has 0 unspecified atom stereocenters. The molecule has 1 aromatic carbocycles. The first-order valence-corrected chi connectivity index (χ1v) is 14.1. The lowest BCUT2D eigenvalue weighted by atomic mass is 9.98. The molecular weight excluding hydrogens is 553 g/mol. The van der Waals surface area contributed by atoms with Crippen molar-refractivity contribution in [3.05, 3.63) is 53.2 Å². The van der Waals surface area contributed by atoms with Crippen LogP contribution in [0.4, 0.5) is 9.18 Å². The number of nitrogens with zero attached hydrogens (tertiary/aromatic N) is 7. The monoisotopic (exact) mass is 588 g/mol. The van der Waals surface area contributed by atoms with Gasteiger partial charge in [0.05, 0.1) is 52.7 Å². The lowest BCUT2D eigenvalue weighted by Gasteiger charge is -2.15. The summed E-state index contributed by atoms with van der Waals surface area (Å²) < 4.78 is 49.5. The van der Waals surface area contributed by atoms with Gasteiger partial charge in [0.2, 0.25) is 5.95 Å². The second-order valence-corrected chi connectivity index (χ2v) is 11.3. The van der Waals surface area contributed by atoms with E-state index in [9.17, 15) is 9.59 Å². The standard InChI is InChI=1S/C30H32FN9O3/c1-15(2)40-21-9-6-16(10-17(21)12-33-40)23-24-26-22(13-32-28(24)35-25(23)20-14-37(3)36-27(20)31)38(4)30(42)39(26)19-8-7-18(11-19)34-29(41)43-5/h6,9-10,12-15,18-19H,7-8,11H2,1-5H3,(H,32,35)(H,34,41)/t18-,19-/m1/s1/i3D3. The van der Waals surface area contributed by atoms with Gasteiger partial charge in [0.25, 0.3) is 0 Å². The highest BCUT2D eigenvalue weighted by atomic mass is 19.1. The zero-order chi connectivity index (χ0) is 32.7. The molecule has 0 aliphatic heterocycles. The van der Waals surface area contributed by atoms with Crippen molar-refractivity contribution in [1.29, 1.82) is 0 Å². The van der Waals surface area contributed by atoms with Crippen LogP contribution in [0.15, 0.2) is 41.6 Å². The third-order valence-corrected chi connectivity index (χ3v) is 8.46. The van der Waals surface area contributed by atoms with E-state index in [1.165, 1.54) is 11.7 Å². The number of carbonyl (C=O) groups is 1. The number of aryl methyl sites for hydroxylation is 2. The number of amides is 1. The van der Waals surface area contributed by atoms with Crippen LogP contribution < -0.4 is 11.0 Å². The summed E-state index contributed by atoms with van der Waals surface area (Å²) in [6, 6.07) is 5.47. The van der Waals surface area contributed by atoms with Crippen LogP contribution in [-0.2, 0) is 18.8 Å². The van der Waals surface area contributed by atoms with Gasteiger partial charge in [-0.15, -0.1) is 5.10 Å². The number of aromatic amines is 1. The summed E-state index contributed by atoms with van der Waals surface area (Å²) in [5.74, 6) is -0.966. The van der Waals surface area contributed by atoms with Crippen LogP contribution >= 0.6 is 0 Å². The van der Waals surface area contributed by atoms with Crippen LogP contribution in [0.1, 0.15) is 49.3 Å². The average molecular weight is 589 g/mol. The predicted molar refractivity (Wildman–Crippen MR) is 160 cm³/mol. The summed E-state index contributed by atoms with van der Waals surface area (Å²) in [7, 11) is 2.98. The molecule has 0 saturated heterocycles. The van der Waals surface area contributed by atoms with E-state index >= 15 is 4.39 Å². The number of aromatic nitrogens is 8. The molecular formula is C30H32FN9O3. The van der Waals surface area contributed by atoms with Crippen LogP contribution in [-0.4, -0.2) is 57.9 Å². The van der Waals surface area contributed by atoms with E-state index in [1.807, 2.05) is 36.7 Å². The molecule has 2 atom stereocenters. The van der Waals surface area contributed by atoms with Crippen LogP contribution in [0.25, 0.3) is 55.4 Å². The highest BCUT2D eigenvalue weighted by Gasteiger charge is 2.32. The van der Waals surface area contributed by atoms with E-state index in [1.54, 1.807) is 24.0 Å². The number of H-pyrrole nitrogens is 1. The first-order chi connectivity index (χ1) is 21.9. The minimum Gasteiger partial charge on any atom is -0.453 e. The van der Waals surface area contributed by atoms with Gasteiger partial charge in [0.15, 0.2) is 0 Å². The van der Waals surface area contributed by atoms with E-state index in [2.05, 4.69) is 25.5 Å². The largest absolute Gasteiger partial charge is 0.453 e. The average Bonchev–Trinajstić information content (AvgIpc) is 3.82. The molecule has 5 aromatic heterocycles. The number of hydrogen-bond donors (Lipinski definition) is 2. The van der Waals surface area contributed by atoms with Crippen LogP contribution in [0, 0.1) is 5.95 Å². The molecule has 1 saturated carbocycles.